The maximum absolute atomic E-state index is 2.52. The number of nitrogens with zero attached hydrogens (tertiary/aromatic N) is 2. The fourth-order valence-corrected chi connectivity index (χ4v) is 10.5. The summed E-state index contributed by atoms with van der Waals surface area (Å²) >= 11 is 0. The van der Waals surface area contributed by atoms with Crippen LogP contribution in [0.1, 0.15) is 22.3 Å². The third kappa shape index (κ3) is 5.72. The molecule has 0 N–H and O–H groups in total. The van der Waals surface area contributed by atoms with Crippen molar-refractivity contribution >= 4 is 34.1 Å². The Morgan fingerprint density at radius 3 is 1.48 bits per heavy atom. The minimum atomic E-state index is -0.586. The van der Waals surface area contributed by atoms with Crippen LogP contribution in [0, 0.1) is 0 Å². The lowest BCUT2D eigenvalue weighted by molar-refractivity contribution is 0.752. The molecule has 2 nitrogen and oxygen atoms in total. The molecule has 1 aliphatic heterocycles. The highest BCUT2D eigenvalue weighted by Gasteiger charge is 2.52. The normalized spacial score (nSPS) is 12.9. The van der Waals surface area contributed by atoms with Crippen LogP contribution in [-0.4, -0.2) is 0 Å². The molecule has 0 atom stereocenters. The van der Waals surface area contributed by atoms with E-state index in [0.29, 0.717) is 0 Å². The van der Waals surface area contributed by atoms with Gasteiger partial charge in [-0.1, -0.05) is 206 Å². The number of fused-ring (bicyclic) bond motifs is 9. The lowest BCUT2D eigenvalue weighted by atomic mass is 9.64. The van der Waals surface area contributed by atoms with Crippen LogP contribution in [0.25, 0.3) is 44.5 Å². The summed E-state index contributed by atoms with van der Waals surface area (Å²) in [6, 6.07) is 93.3. The molecule has 1 aliphatic carbocycles. The minimum absolute atomic E-state index is 0.586. The van der Waals surface area contributed by atoms with Gasteiger partial charge in [0.1, 0.15) is 0 Å². The van der Waals surface area contributed by atoms with Gasteiger partial charge in [0.05, 0.1) is 28.2 Å². The van der Waals surface area contributed by atoms with E-state index in [9.17, 15) is 0 Å². The highest BCUT2D eigenvalue weighted by Crippen LogP contribution is 2.65. The van der Waals surface area contributed by atoms with Gasteiger partial charge in [-0.15, -0.1) is 0 Å². The average Bonchev–Trinajstić information content (AvgIpc) is 3.66. The molecule has 0 aromatic heterocycles. The number of anilines is 6. The Bertz CT molecular complexity index is 3250. The molecule has 1 spiro atoms. The molecule has 0 radical (unpaired) electrons. The Balaban J connectivity index is 1.16. The van der Waals surface area contributed by atoms with Crippen LogP contribution < -0.4 is 9.80 Å². The van der Waals surface area contributed by atoms with Crippen molar-refractivity contribution in [3.05, 3.63) is 277 Å². The van der Waals surface area contributed by atoms with E-state index in [1.807, 2.05) is 0 Å². The Morgan fingerprint density at radius 1 is 0.302 bits per heavy atom. The molecule has 1 heterocycles. The van der Waals surface area contributed by atoms with E-state index in [0.717, 1.165) is 28.3 Å². The predicted molar refractivity (Wildman–Crippen MR) is 263 cm³/mol. The van der Waals surface area contributed by atoms with Gasteiger partial charge in [-0.25, -0.2) is 0 Å². The minimum Gasteiger partial charge on any atom is -0.310 e. The summed E-state index contributed by atoms with van der Waals surface area (Å²) in [6.45, 7) is 0. The second kappa shape index (κ2) is 15.1. The molecule has 63 heavy (non-hydrogen) atoms. The van der Waals surface area contributed by atoms with Gasteiger partial charge in [0.2, 0.25) is 0 Å². The van der Waals surface area contributed by atoms with E-state index in [4.69, 9.17) is 0 Å². The SMILES string of the molecule is c1ccc(-c2cccc(N(c3ccccc3-c3ccccc3-c3ccccc3)c3cccc4c3-c3ccccc3C43c4ccccc4N(c4ccccc4)c4ccccc43)c2)cc1. The summed E-state index contributed by atoms with van der Waals surface area (Å²) in [6.07, 6.45) is 0. The predicted octanol–water partition coefficient (Wildman–Crippen LogP) is 16.3. The van der Waals surface area contributed by atoms with Crippen molar-refractivity contribution in [2.45, 2.75) is 5.41 Å². The van der Waals surface area contributed by atoms with Gasteiger partial charge in [-0.3, -0.25) is 0 Å². The molecule has 0 amide bonds. The highest BCUT2D eigenvalue weighted by molar-refractivity contribution is 6.03. The molecule has 12 rings (SSSR count). The van der Waals surface area contributed by atoms with E-state index in [1.165, 1.54) is 72.6 Å². The molecule has 0 saturated carbocycles. The molecule has 0 saturated heterocycles. The van der Waals surface area contributed by atoms with Crippen molar-refractivity contribution in [2.75, 3.05) is 9.80 Å². The van der Waals surface area contributed by atoms with Crippen molar-refractivity contribution in [1.29, 1.82) is 0 Å². The van der Waals surface area contributed by atoms with Crippen LogP contribution in [0.3, 0.4) is 0 Å². The summed E-state index contributed by atoms with van der Waals surface area (Å²) in [5.74, 6) is 0. The smallest absolute Gasteiger partial charge is 0.0755 e. The largest absolute Gasteiger partial charge is 0.310 e. The molecule has 0 unspecified atom stereocenters. The zero-order valence-electron chi connectivity index (χ0n) is 34.6. The third-order valence-electron chi connectivity index (χ3n) is 13.1. The Hall–Kier alpha value is -8.20. The highest BCUT2D eigenvalue weighted by atomic mass is 15.2. The van der Waals surface area contributed by atoms with Gasteiger partial charge in [-0.05, 0) is 104 Å². The first-order chi connectivity index (χ1) is 31.3. The lowest BCUT2D eigenvalue weighted by Gasteiger charge is -2.45. The van der Waals surface area contributed by atoms with Crippen LogP contribution in [0.5, 0.6) is 0 Å². The van der Waals surface area contributed by atoms with Crippen LogP contribution in [0.4, 0.5) is 34.1 Å². The number of hydrogen-bond acceptors (Lipinski definition) is 2. The lowest BCUT2D eigenvalue weighted by Crippen LogP contribution is -2.36. The summed E-state index contributed by atoms with van der Waals surface area (Å²) in [7, 11) is 0. The van der Waals surface area contributed by atoms with Gasteiger partial charge in [0.25, 0.3) is 0 Å². The molecule has 2 aliphatic rings. The first-order valence-electron chi connectivity index (χ1n) is 21.8. The molecular weight excluding hydrogens is 761 g/mol. The zero-order valence-corrected chi connectivity index (χ0v) is 34.6. The van der Waals surface area contributed by atoms with Crippen LogP contribution in [0.2, 0.25) is 0 Å². The summed E-state index contributed by atoms with van der Waals surface area (Å²) in [4.78, 5) is 4.97. The molecule has 10 aromatic carbocycles. The van der Waals surface area contributed by atoms with Crippen molar-refractivity contribution in [1.82, 2.24) is 0 Å². The van der Waals surface area contributed by atoms with Gasteiger partial charge in [-0.2, -0.15) is 0 Å². The molecule has 10 aromatic rings. The van der Waals surface area contributed by atoms with Crippen LogP contribution in [0.15, 0.2) is 255 Å². The second-order valence-corrected chi connectivity index (χ2v) is 16.4. The van der Waals surface area contributed by atoms with Crippen LogP contribution in [-0.2, 0) is 5.41 Å². The number of hydrogen-bond donors (Lipinski definition) is 0. The van der Waals surface area contributed by atoms with Gasteiger partial charge < -0.3 is 9.80 Å². The monoisotopic (exact) mass is 802 g/mol. The Kier molecular flexibility index (Phi) is 8.76. The maximum Gasteiger partial charge on any atom is 0.0755 e. The maximum atomic E-state index is 2.52. The first-order valence-corrected chi connectivity index (χ1v) is 21.8. The molecule has 2 heteroatoms. The summed E-state index contributed by atoms with van der Waals surface area (Å²) in [5.41, 5.74) is 20.9. The van der Waals surface area contributed by atoms with E-state index in [2.05, 4.69) is 265 Å². The standard InChI is InChI=1S/C61H42N2/c1-4-22-43(23-5-1)45-26-20-29-47(42-45)63(56-38-17-13-32-50(56)49-31-11-10-30-48(49)44-24-6-2-7-25-44)59-41-21-37-55-60(59)51-33-12-14-34-52(51)61(55)53-35-15-18-39-57(53)62(46-27-8-3-9-28-46)58-40-19-16-36-54(58)61/h1-42H. The fourth-order valence-electron chi connectivity index (χ4n) is 10.5. The first kappa shape index (κ1) is 36.6. The van der Waals surface area contributed by atoms with Crippen molar-refractivity contribution in [2.24, 2.45) is 0 Å². The molecule has 0 fully saturated rings. The van der Waals surface area contributed by atoms with Gasteiger partial charge >= 0.3 is 0 Å². The van der Waals surface area contributed by atoms with Gasteiger partial charge in [0.15, 0.2) is 0 Å². The fraction of sp³-hybridized carbons (Fsp3) is 0.0164. The van der Waals surface area contributed by atoms with Crippen molar-refractivity contribution < 1.29 is 0 Å². The number of rotatable bonds is 7. The Labute approximate surface area is 369 Å². The average molecular weight is 803 g/mol. The van der Waals surface area contributed by atoms with E-state index < -0.39 is 5.41 Å². The van der Waals surface area contributed by atoms with E-state index in [-0.39, 0.29) is 0 Å². The van der Waals surface area contributed by atoms with E-state index >= 15 is 0 Å². The Morgan fingerprint density at radius 2 is 0.778 bits per heavy atom. The van der Waals surface area contributed by atoms with Crippen LogP contribution >= 0.6 is 0 Å². The van der Waals surface area contributed by atoms with Crippen molar-refractivity contribution in [3.8, 4) is 44.5 Å². The molecule has 296 valence electrons. The van der Waals surface area contributed by atoms with Crippen molar-refractivity contribution in [3.63, 3.8) is 0 Å². The third-order valence-corrected chi connectivity index (χ3v) is 13.1. The second-order valence-electron chi connectivity index (χ2n) is 16.4. The van der Waals surface area contributed by atoms with E-state index in [1.54, 1.807) is 0 Å². The quantitative estimate of drug-likeness (QED) is 0.158. The number of benzene rings is 10. The number of para-hydroxylation sites is 4. The zero-order chi connectivity index (χ0) is 41.7. The molecule has 0 bridgehead atoms. The summed E-state index contributed by atoms with van der Waals surface area (Å²) in [5, 5.41) is 0. The van der Waals surface area contributed by atoms with Gasteiger partial charge in [0, 0.05) is 22.5 Å². The summed E-state index contributed by atoms with van der Waals surface area (Å²) < 4.78 is 0. The molecular formula is C61H42N2. The topological polar surface area (TPSA) is 6.48 Å².